The standard InChI is InChI=1S/C12H15ClN2O3/c13-9-3-4-11(10(7-9)15(16)17)18-8-12(14)5-1-2-6-12/h3-4,7H,1-2,5-6,8,14H2. The van der Waals surface area contributed by atoms with Crippen molar-refractivity contribution in [2.45, 2.75) is 31.2 Å². The van der Waals surface area contributed by atoms with E-state index in [1.165, 1.54) is 12.1 Å². The highest BCUT2D eigenvalue weighted by Crippen LogP contribution is 2.32. The molecule has 1 fully saturated rings. The number of nitro groups is 1. The molecule has 2 rings (SSSR count). The van der Waals surface area contributed by atoms with E-state index in [1.54, 1.807) is 6.07 Å². The van der Waals surface area contributed by atoms with Crippen molar-refractivity contribution in [3.05, 3.63) is 33.3 Å². The van der Waals surface area contributed by atoms with Gasteiger partial charge in [0, 0.05) is 11.1 Å². The van der Waals surface area contributed by atoms with Gasteiger partial charge in [-0.15, -0.1) is 0 Å². The Balaban J connectivity index is 2.11. The molecule has 0 bridgehead atoms. The summed E-state index contributed by atoms with van der Waals surface area (Å²) >= 11 is 5.73. The Morgan fingerprint density at radius 1 is 1.44 bits per heavy atom. The van der Waals surface area contributed by atoms with Gasteiger partial charge in [0.15, 0.2) is 5.75 Å². The van der Waals surface area contributed by atoms with Gasteiger partial charge in [-0.25, -0.2) is 0 Å². The number of hydrogen-bond acceptors (Lipinski definition) is 4. The van der Waals surface area contributed by atoms with Crippen molar-refractivity contribution >= 4 is 17.3 Å². The van der Waals surface area contributed by atoms with E-state index in [0.29, 0.717) is 11.6 Å². The van der Waals surface area contributed by atoms with Crippen LogP contribution in [0.1, 0.15) is 25.7 Å². The number of ether oxygens (including phenoxy) is 1. The van der Waals surface area contributed by atoms with Crippen LogP contribution >= 0.6 is 11.6 Å². The SMILES string of the molecule is NC1(COc2ccc(Cl)cc2[N+](=O)[O-])CCCC1. The fourth-order valence-electron chi connectivity index (χ4n) is 2.20. The number of hydrogen-bond donors (Lipinski definition) is 1. The summed E-state index contributed by atoms with van der Waals surface area (Å²) in [6.45, 7) is 0.301. The van der Waals surface area contributed by atoms with Gasteiger partial charge < -0.3 is 10.5 Å². The van der Waals surface area contributed by atoms with Crippen LogP contribution in [0.3, 0.4) is 0 Å². The first kappa shape index (κ1) is 13.1. The van der Waals surface area contributed by atoms with Crippen LogP contribution in [-0.2, 0) is 0 Å². The summed E-state index contributed by atoms with van der Waals surface area (Å²) in [6, 6.07) is 4.37. The van der Waals surface area contributed by atoms with Gasteiger partial charge in [0.2, 0.25) is 0 Å². The van der Waals surface area contributed by atoms with Crippen LogP contribution in [0.5, 0.6) is 5.75 Å². The van der Waals surface area contributed by atoms with E-state index in [2.05, 4.69) is 0 Å². The maximum Gasteiger partial charge on any atom is 0.312 e. The van der Waals surface area contributed by atoms with Crippen LogP contribution < -0.4 is 10.5 Å². The van der Waals surface area contributed by atoms with E-state index in [1.807, 2.05) is 0 Å². The molecule has 1 aliphatic carbocycles. The van der Waals surface area contributed by atoms with Gasteiger partial charge in [-0.2, -0.15) is 0 Å². The number of benzene rings is 1. The minimum absolute atomic E-state index is 0.121. The third kappa shape index (κ3) is 2.91. The molecule has 1 aromatic carbocycles. The maximum atomic E-state index is 10.9. The fourth-order valence-corrected chi connectivity index (χ4v) is 2.37. The minimum Gasteiger partial charge on any atom is -0.485 e. The Hall–Kier alpha value is -1.33. The van der Waals surface area contributed by atoms with Gasteiger partial charge >= 0.3 is 5.69 Å². The molecular formula is C12H15ClN2O3. The molecule has 0 amide bonds. The van der Waals surface area contributed by atoms with Gasteiger partial charge in [-0.1, -0.05) is 24.4 Å². The molecule has 2 N–H and O–H groups in total. The first-order chi connectivity index (χ1) is 8.50. The van der Waals surface area contributed by atoms with Gasteiger partial charge in [-0.3, -0.25) is 10.1 Å². The zero-order valence-corrected chi connectivity index (χ0v) is 10.7. The number of rotatable bonds is 4. The monoisotopic (exact) mass is 270 g/mol. The van der Waals surface area contributed by atoms with E-state index in [0.717, 1.165) is 25.7 Å². The molecule has 18 heavy (non-hydrogen) atoms. The van der Waals surface area contributed by atoms with Crippen molar-refractivity contribution in [1.82, 2.24) is 0 Å². The third-order valence-corrected chi connectivity index (χ3v) is 3.47. The fraction of sp³-hybridized carbons (Fsp3) is 0.500. The molecule has 1 aromatic rings. The van der Waals surface area contributed by atoms with Crippen LogP contribution in [0, 0.1) is 10.1 Å². The van der Waals surface area contributed by atoms with E-state index < -0.39 is 4.92 Å². The lowest BCUT2D eigenvalue weighted by molar-refractivity contribution is -0.385. The highest BCUT2D eigenvalue weighted by Gasteiger charge is 2.31. The van der Waals surface area contributed by atoms with Crippen LogP contribution in [0.2, 0.25) is 5.02 Å². The van der Waals surface area contributed by atoms with Crippen molar-refractivity contribution in [3.8, 4) is 5.75 Å². The summed E-state index contributed by atoms with van der Waals surface area (Å²) in [7, 11) is 0. The molecule has 0 saturated heterocycles. The Labute approximate surface area is 110 Å². The second kappa shape index (κ2) is 5.12. The van der Waals surface area contributed by atoms with E-state index >= 15 is 0 Å². The molecule has 0 atom stereocenters. The molecule has 1 saturated carbocycles. The highest BCUT2D eigenvalue weighted by atomic mass is 35.5. The summed E-state index contributed by atoms with van der Waals surface area (Å²) in [5.74, 6) is 0.223. The van der Waals surface area contributed by atoms with Crippen molar-refractivity contribution in [2.24, 2.45) is 5.73 Å². The molecule has 0 radical (unpaired) electrons. The Morgan fingerprint density at radius 3 is 2.72 bits per heavy atom. The molecule has 0 heterocycles. The molecule has 98 valence electrons. The summed E-state index contributed by atoms with van der Waals surface area (Å²) in [6.07, 6.45) is 3.97. The lowest BCUT2D eigenvalue weighted by Crippen LogP contribution is -2.42. The van der Waals surface area contributed by atoms with Gasteiger partial charge in [0.05, 0.1) is 10.5 Å². The minimum atomic E-state index is -0.501. The molecule has 5 nitrogen and oxygen atoms in total. The lowest BCUT2D eigenvalue weighted by atomic mass is 10.0. The topological polar surface area (TPSA) is 78.4 Å². The average molecular weight is 271 g/mol. The second-order valence-electron chi connectivity index (χ2n) is 4.73. The van der Waals surface area contributed by atoms with E-state index in [4.69, 9.17) is 22.1 Å². The summed E-state index contributed by atoms with van der Waals surface area (Å²) in [4.78, 5) is 10.4. The Kier molecular flexibility index (Phi) is 3.73. The maximum absolute atomic E-state index is 10.9. The molecule has 0 aliphatic heterocycles. The first-order valence-corrected chi connectivity index (χ1v) is 6.24. The quantitative estimate of drug-likeness (QED) is 0.674. The summed E-state index contributed by atoms with van der Waals surface area (Å²) in [5, 5.41) is 11.2. The van der Waals surface area contributed by atoms with Crippen molar-refractivity contribution < 1.29 is 9.66 Å². The molecule has 6 heteroatoms. The average Bonchev–Trinajstić information content (AvgIpc) is 2.75. The number of halogens is 1. The molecular weight excluding hydrogens is 256 g/mol. The Bertz CT molecular complexity index is 459. The number of nitrogens with zero attached hydrogens (tertiary/aromatic N) is 1. The molecule has 0 spiro atoms. The summed E-state index contributed by atoms with van der Waals surface area (Å²) in [5.41, 5.74) is 5.67. The zero-order valence-electron chi connectivity index (χ0n) is 9.89. The smallest absolute Gasteiger partial charge is 0.312 e. The predicted octanol–water partition coefficient (Wildman–Crippen LogP) is 2.90. The van der Waals surface area contributed by atoms with Crippen molar-refractivity contribution in [2.75, 3.05) is 6.61 Å². The Morgan fingerprint density at radius 2 is 2.11 bits per heavy atom. The second-order valence-corrected chi connectivity index (χ2v) is 5.16. The van der Waals surface area contributed by atoms with Crippen molar-refractivity contribution in [1.29, 1.82) is 0 Å². The van der Waals surface area contributed by atoms with Gasteiger partial charge in [-0.05, 0) is 25.0 Å². The predicted molar refractivity (Wildman–Crippen MR) is 69.0 cm³/mol. The van der Waals surface area contributed by atoms with Crippen LogP contribution in [0.15, 0.2) is 18.2 Å². The summed E-state index contributed by atoms with van der Waals surface area (Å²) < 4.78 is 5.52. The van der Waals surface area contributed by atoms with Crippen LogP contribution in [-0.4, -0.2) is 17.1 Å². The van der Waals surface area contributed by atoms with E-state index in [-0.39, 0.29) is 17.0 Å². The van der Waals surface area contributed by atoms with E-state index in [9.17, 15) is 10.1 Å². The normalized spacial score (nSPS) is 17.7. The first-order valence-electron chi connectivity index (χ1n) is 5.86. The van der Waals surface area contributed by atoms with Crippen molar-refractivity contribution in [3.63, 3.8) is 0 Å². The highest BCUT2D eigenvalue weighted by molar-refractivity contribution is 6.30. The van der Waals surface area contributed by atoms with Crippen LogP contribution in [0.25, 0.3) is 0 Å². The largest absolute Gasteiger partial charge is 0.485 e. The van der Waals surface area contributed by atoms with Gasteiger partial charge in [0.1, 0.15) is 6.61 Å². The zero-order chi connectivity index (χ0) is 13.2. The van der Waals surface area contributed by atoms with Crippen LogP contribution in [0.4, 0.5) is 5.69 Å². The third-order valence-electron chi connectivity index (χ3n) is 3.23. The number of nitro benzene ring substituents is 1. The molecule has 0 aromatic heterocycles. The number of nitrogens with two attached hydrogens (primary N) is 1. The molecule has 1 aliphatic rings. The molecule has 0 unspecified atom stereocenters. The lowest BCUT2D eigenvalue weighted by Gasteiger charge is -2.23. The van der Waals surface area contributed by atoms with Gasteiger partial charge in [0.25, 0.3) is 0 Å².